The molecule has 6 heteroatoms. The monoisotopic (exact) mass is 311 g/mol. The summed E-state index contributed by atoms with van der Waals surface area (Å²) in [6.45, 7) is 2.66. The van der Waals surface area contributed by atoms with Gasteiger partial charge < -0.3 is 16.2 Å². The predicted octanol–water partition coefficient (Wildman–Crippen LogP) is 0.807. The number of rotatable bonds is 7. The molecule has 0 aromatic rings. The standard InChI is InChI=1S/C16H29N3O3/c17-15(20)11-19-9-13(7-16(21)22)6-14(10-19)18-8-12-4-2-1-3-5-12/h12-14,18H,1-11H2,(H2,17,20)(H,21,22). The van der Waals surface area contributed by atoms with Crippen LogP contribution in [0.25, 0.3) is 0 Å². The number of hydrogen-bond acceptors (Lipinski definition) is 4. The summed E-state index contributed by atoms with van der Waals surface area (Å²) >= 11 is 0. The molecule has 2 rings (SSSR count). The van der Waals surface area contributed by atoms with Crippen molar-refractivity contribution < 1.29 is 14.7 Å². The van der Waals surface area contributed by atoms with Crippen LogP contribution in [0, 0.1) is 11.8 Å². The van der Waals surface area contributed by atoms with E-state index in [0.29, 0.717) is 6.54 Å². The summed E-state index contributed by atoms with van der Waals surface area (Å²) in [5.74, 6) is -0.272. The molecule has 2 aliphatic rings. The van der Waals surface area contributed by atoms with Gasteiger partial charge in [-0.05, 0) is 37.6 Å². The number of hydrogen-bond donors (Lipinski definition) is 3. The number of aliphatic carboxylic acids is 1. The summed E-state index contributed by atoms with van der Waals surface area (Å²) in [4.78, 5) is 24.1. The molecule has 1 saturated heterocycles. The molecule has 0 aromatic heterocycles. The first-order valence-electron chi connectivity index (χ1n) is 8.48. The quantitative estimate of drug-likeness (QED) is 0.646. The first-order chi connectivity index (χ1) is 10.5. The van der Waals surface area contributed by atoms with E-state index in [9.17, 15) is 9.59 Å². The van der Waals surface area contributed by atoms with E-state index >= 15 is 0 Å². The molecule has 2 fully saturated rings. The number of piperidine rings is 1. The molecule has 126 valence electrons. The van der Waals surface area contributed by atoms with Crippen molar-refractivity contribution in [2.45, 2.75) is 51.0 Å². The Morgan fingerprint density at radius 2 is 1.86 bits per heavy atom. The molecule has 1 heterocycles. The molecule has 2 atom stereocenters. The maximum Gasteiger partial charge on any atom is 0.303 e. The molecule has 22 heavy (non-hydrogen) atoms. The van der Waals surface area contributed by atoms with Gasteiger partial charge >= 0.3 is 5.97 Å². The first kappa shape index (κ1) is 17.2. The molecule has 6 nitrogen and oxygen atoms in total. The number of likely N-dealkylation sites (tertiary alicyclic amines) is 1. The van der Waals surface area contributed by atoms with Crippen molar-refractivity contribution in [3.63, 3.8) is 0 Å². The molecule has 0 spiro atoms. The van der Waals surface area contributed by atoms with Crippen LogP contribution in [0.5, 0.6) is 0 Å². The van der Waals surface area contributed by atoms with Gasteiger partial charge in [0.15, 0.2) is 0 Å². The van der Waals surface area contributed by atoms with E-state index in [0.717, 1.165) is 25.4 Å². The summed E-state index contributed by atoms with van der Waals surface area (Å²) in [5.41, 5.74) is 5.29. The van der Waals surface area contributed by atoms with Crippen molar-refractivity contribution in [3.05, 3.63) is 0 Å². The summed E-state index contributed by atoms with van der Waals surface area (Å²) in [6.07, 6.45) is 7.63. The summed E-state index contributed by atoms with van der Waals surface area (Å²) in [6, 6.07) is 0.263. The van der Waals surface area contributed by atoms with Gasteiger partial charge in [-0.2, -0.15) is 0 Å². The lowest BCUT2D eigenvalue weighted by Crippen LogP contribution is -2.52. The zero-order valence-electron chi connectivity index (χ0n) is 13.3. The van der Waals surface area contributed by atoms with E-state index in [2.05, 4.69) is 5.32 Å². The van der Waals surface area contributed by atoms with E-state index in [4.69, 9.17) is 10.8 Å². The average Bonchev–Trinajstić information content (AvgIpc) is 2.44. The zero-order valence-corrected chi connectivity index (χ0v) is 13.3. The molecule has 1 saturated carbocycles. The molecule has 0 aromatic carbocycles. The van der Waals surface area contributed by atoms with Crippen molar-refractivity contribution >= 4 is 11.9 Å². The molecule has 1 aliphatic heterocycles. The number of carboxylic acids is 1. The highest BCUT2D eigenvalue weighted by molar-refractivity contribution is 5.76. The average molecular weight is 311 g/mol. The number of amides is 1. The van der Waals surface area contributed by atoms with Crippen LogP contribution in [0.4, 0.5) is 0 Å². The maximum atomic E-state index is 11.2. The second-order valence-electron chi connectivity index (χ2n) is 6.97. The highest BCUT2D eigenvalue weighted by atomic mass is 16.4. The van der Waals surface area contributed by atoms with E-state index in [1.807, 2.05) is 4.90 Å². The lowest BCUT2D eigenvalue weighted by atomic mass is 9.88. The van der Waals surface area contributed by atoms with Crippen LogP contribution in [0.1, 0.15) is 44.9 Å². The molecule has 4 N–H and O–H groups in total. The largest absolute Gasteiger partial charge is 0.481 e. The number of primary amides is 1. The van der Waals surface area contributed by atoms with Crippen molar-refractivity contribution in [2.75, 3.05) is 26.2 Å². The Morgan fingerprint density at radius 3 is 2.50 bits per heavy atom. The maximum absolute atomic E-state index is 11.2. The van der Waals surface area contributed by atoms with Crippen LogP contribution in [-0.4, -0.2) is 54.1 Å². The fraction of sp³-hybridized carbons (Fsp3) is 0.875. The molecule has 2 unspecified atom stereocenters. The SMILES string of the molecule is NC(=O)CN1CC(CC(=O)O)CC(NCC2CCCCC2)C1. The van der Waals surface area contributed by atoms with Gasteiger partial charge in [0.25, 0.3) is 0 Å². The van der Waals surface area contributed by atoms with Gasteiger partial charge in [0, 0.05) is 25.6 Å². The van der Waals surface area contributed by atoms with E-state index in [1.54, 1.807) is 0 Å². The van der Waals surface area contributed by atoms with Crippen LogP contribution in [0.3, 0.4) is 0 Å². The Balaban J connectivity index is 1.83. The number of carbonyl (C=O) groups is 2. The summed E-state index contributed by atoms with van der Waals surface area (Å²) in [5, 5.41) is 12.6. The van der Waals surface area contributed by atoms with Gasteiger partial charge in [-0.15, -0.1) is 0 Å². The lowest BCUT2D eigenvalue weighted by Gasteiger charge is -2.38. The van der Waals surface area contributed by atoms with Crippen LogP contribution in [0.2, 0.25) is 0 Å². The first-order valence-corrected chi connectivity index (χ1v) is 8.48. The lowest BCUT2D eigenvalue weighted by molar-refractivity contribution is -0.138. The van der Waals surface area contributed by atoms with Gasteiger partial charge in [0.1, 0.15) is 0 Å². The number of carbonyl (C=O) groups excluding carboxylic acids is 1. The van der Waals surface area contributed by atoms with E-state index in [1.165, 1.54) is 32.1 Å². The van der Waals surface area contributed by atoms with Gasteiger partial charge in [-0.1, -0.05) is 19.3 Å². The van der Waals surface area contributed by atoms with Gasteiger partial charge in [-0.25, -0.2) is 0 Å². The second-order valence-corrected chi connectivity index (χ2v) is 6.97. The van der Waals surface area contributed by atoms with Gasteiger partial charge in [0.2, 0.25) is 5.91 Å². The van der Waals surface area contributed by atoms with Crippen molar-refractivity contribution in [3.8, 4) is 0 Å². The molecule has 1 aliphatic carbocycles. The number of nitrogens with one attached hydrogen (secondary N) is 1. The minimum Gasteiger partial charge on any atom is -0.481 e. The van der Waals surface area contributed by atoms with Crippen LogP contribution in [0.15, 0.2) is 0 Å². The Morgan fingerprint density at radius 1 is 1.14 bits per heavy atom. The van der Waals surface area contributed by atoms with Crippen molar-refractivity contribution in [1.82, 2.24) is 10.2 Å². The Hall–Kier alpha value is -1.14. The predicted molar refractivity (Wildman–Crippen MR) is 84.4 cm³/mol. The van der Waals surface area contributed by atoms with Crippen LogP contribution in [-0.2, 0) is 9.59 Å². The second kappa shape index (κ2) is 8.48. The number of nitrogens with two attached hydrogens (primary N) is 1. The van der Waals surface area contributed by atoms with Gasteiger partial charge in [0.05, 0.1) is 6.54 Å². The number of nitrogens with zero attached hydrogens (tertiary/aromatic N) is 1. The zero-order chi connectivity index (χ0) is 15.9. The molecule has 0 bridgehead atoms. The topological polar surface area (TPSA) is 95.7 Å². The molecular weight excluding hydrogens is 282 g/mol. The van der Waals surface area contributed by atoms with E-state index in [-0.39, 0.29) is 30.8 Å². The van der Waals surface area contributed by atoms with Crippen LogP contribution >= 0.6 is 0 Å². The number of carboxylic acid groups (broad SMARTS) is 1. The molecule has 0 radical (unpaired) electrons. The van der Waals surface area contributed by atoms with Crippen molar-refractivity contribution in [2.24, 2.45) is 17.6 Å². The van der Waals surface area contributed by atoms with Gasteiger partial charge in [-0.3, -0.25) is 14.5 Å². The Kier molecular flexibility index (Phi) is 6.64. The summed E-state index contributed by atoms with van der Waals surface area (Å²) < 4.78 is 0. The van der Waals surface area contributed by atoms with E-state index < -0.39 is 5.97 Å². The smallest absolute Gasteiger partial charge is 0.303 e. The van der Waals surface area contributed by atoms with Crippen molar-refractivity contribution in [1.29, 1.82) is 0 Å². The minimum atomic E-state index is -0.767. The third-order valence-corrected chi connectivity index (χ3v) is 4.88. The molecular formula is C16H29N3O3. The summed E-state index contributed by atoms with van der Waals surface area (Å²) in [7, 11) is 0. The third kappa shape index (κ3) is 5.93. The normalized spacial score (nSPS) is 27.6. The Labute approximate surface area is 132 Å². The highest BCUT2D eigenvalue weighted by Gasteiger charge is 2.29. The highest BCUT2D eigenvalue weighted by Crippen LogP contribution is 2.24. The fourth-order valence-electron chi connectivity index (χ4n) is 3.92. The fourth-order valence-corrected chi connectivity index (χ4v) is 3.92. The third-order valence-electron chi connectivity index (χ3n) is 4.88. The minimum absolute atomic E-state index is 0.0921. The van der Waals surface area contributed by atoms with Crippen LogP contribution < -0.4 is 11.1 Å². The Bertz CT molecular complexity index is 359. The molecule has 1 amide bonds.